The van der Waals surface area contributed by atoms with Crippen LogP contribution in [0.2, 0.25) is 0 Å². The number of nitro benzene ring substituents is 1. The van der Waals surface area contributed by atoms with Crippen molar-refractivity contribution < 1.29 is 9.66 Å². The highest BCUT2D eigenvalue weighted by atomic mass is 79.9. The Labute approximate surface area is 118 Å². The molecule has 0 atom stereocenters. The summed E-state index contributed by atoms with van der Waals surface area (Å²) in [6, 6.07) is 8.25. The summed E-state index contributed by atoms with van der Waals surface area (Å²) in [5.74, 6) is 0.499. The number of rotatable bonds is 4. The summed E-state index contributed by atoms with van der Waals surface area (Å²) in [5.41, 5.74) is 1.63. The van der Waals surface area contributed by atoms with Crippen molar-refractivity contribution in [1.29, 1.82) is 0 Å². The van der Waals surface area contributed by atoms with Gasteiger partial charge in [0.25, 0.3) is 5.69 Å². The molecule has 2 rings (SSSR count). The van der Waals surface area contributed by atoms with E-state index in [4.69, 9.17) is 4.74 Å². The van der Waals surface area contributed by atoms with Crippen LogP contribution in [-0.2, 0) is 6.61 Å². The number of nitrogens with zero attached hydrogens (tertiary/aromatic N) is 2. The number of halogens is 1. The predicted octanol–water partition coefficient (Wildman–Crippen LogP) is 3.64. The Balaban J connectivity index is 2.12. The van der Waals surface area contributed by atoms with E-state index in [0.29, 0.717) is 5.75 Å². The zero-order chi connectivity index (χ0) is 13.8. The molecule has 0 radical (unpaired) electrons. The van der Waals surface area contributed by atoms with E-state index in [9.17, 15) is 10.1 Å². The van der Waals surface area contributed by atoms with Gasteiger partial charge in [0, 0.05) is 16.7 Å². The largest absolute Gasteiger partial charge is 0.487 e. The highest BCUT2D eigenvalue weighted by Gasteiger charge is 2.09. The number of pyridine rings is 1. The van der Waals surface area contributed by atoms with E-state index in [2.05, 4.69) is 20.9 Å². The topological polar surface area (TPSA) is 65.3 Å². The summed E-state index contributed by atoms with van der Waals surface area (Å²) < 4.78 is 6.46. The van der Waals surface area contributed by atoms with E-state index < -0.39 is 4.92 Å². The quantitative estimate of drug-likeness (QED) is 0.636. The molecule has 0 spiro atoms. The molecule has 1 aromatic carbocycles. The lowest BCUT2D eigenvalue weighted by atomic mass is 10.2. The van der Waals surface area contributed by atoms with Gasteiger partial charge >= 0.3 is 0 Å². The lowest BCUT2D eigenvalue weighted by Gasteiger charge is -2.08. The third-order valence-electron chi connectivity index (χ3n) is 2.55. The van der Waals surface area contributed by atoms with Gasteiger partial charge in [-0.1, -0.05) is 0 Å². The van der Waals surface area contributed by atoms with Crippen LogP contribution in [0, 0.1) is 17.0 Å². The molecule has 5 nitrogen and oxygen atoms in total. The smallest absolute Gasteiger partial charge is 0.273 e. The van der Waals surface area contributed by atoms with E-state index in [1.807, 2.05) is 19.1 Å². The SMILES string of the molecule is Cc1ccc([N+](=O)[O-])cc1OCc1ccc(Br)cn1. The number of hydrogen-bond donors (Lipinski definition) is 0. The Kier molecular flexibility index (Phi) is 4.11. The molecule has 0 saturated heterocycles. The monoisotopic (exact) mass is 322 g/mol. The molecule has 0 fully saturated rings. The fraction of sp³-hybridized carbons (Fsp3) is 0.154. The zero-order valence-electron chi connectivity index (χ0n) is 10.2. The average molecular weight is 323 g/mol. The van der Waals surface area contributed by atoms with Crippen LogP contribution in [0.3, 0.4) is 0 Å². The van der Waals surface area contributed by atoms with Gasteiger partial charge in [0.15, 0.2) is 0 Å². The van der Waals surface area contributed by atoms with Gasteiger partial charge < -0.3 is 4.74 Å². The number of ether oxygens (including phenoxy) is 1. The van der Waals surface area contributed by atoms with Crippen molar-refractivity contribution in [1.82, 2.24) is 4.98 Å². The highest BCUT2D eigenvalue weighted by Crippen LogP contribution is 2.24. The Bertz CT molecular complexity index is 599. The number of aromatic nitrogens is 1. The Morgan fingerprint density at radius 1 is 1.37 bits per heavy atom. The summed E-state index contributed by atoms with van der Waals surface area (Å²) in [6.07, 6.45) is 1.68. The summed E-state index contributed by atoms with van der Waals surface area (Å²) in [6.45, 7) is 2.11. The first-order valence-electron chi connectivity index (χ1n) is 5.54. The summed E-state index contributed by atoms with van der Waals surface area (Å²) in [5, 5.41) is 10.7. The molecule has 0 aliphatic heterocycles. The molecule has 0 amide bonds. The molecule has 0 saturated carbocycles. The van der Waals surface area contributed by atoms with Crippen LogP contribution in [0.15, 0.2) is 41.0 Å². The van der Waals surface area contributed by atoms with Crippen molar-refractivity contribution in [2.75, 3.05) is 0 Å². The van der Waals surface area contributed by atoms with Crippen molar-refractivity contribution >= 4 is 21.6 Å². The van der Waals surface area contributed by atoms with E-state index >= 15 is 0 Å². The van der Waals surface area contributed by atoms with Gasteiger partial charge in [-0.15, -0.1) is 0 Å². The minimum Gasteiger partial charge on any atom is -0.487 e. The van der Waals surface area contributed by atoms with Crippen LogP contribution in [0.25, 0.3) is 0 Å². The first-order valence-corrected chi connectivity index (χ1v) is 6.34. The van der Waals surface area contributed by atoms with E-state index in [1.54, 1.807) is 12.3 Å². The van der Waals surface area contributed by atoms with Crippen LogP contribution >= 0.6 is 15.9 Å². The maximum absolute atomic E-state index is 10.7. The molecule has 19 heavy (non-hydrogen) atoms. The lowest BCUT2D eigenvalue weighted by molar-refractivity contribution is -0.385. The summed E-state index contributed by atoms with van der Waals surface area (Å²) in [7, 11) is 0. The second kappa shape index (κ2) is 5.79. The molecule has 0 unspecified atom stereocenters. The summed E-state index contributed by atoms with van der Waals surface area (Å²) >= 11 is 3.30. The second-order valence-corrected chi connectivity index (χ2v) is 4.88. The highest BCUT2D eigenvalue weighted by molar-refractivity contribution is 9.10. The molecule has 6 heteroatoms. The molecule has 1 heterocycles. The van der Waals surface area contributed by atoms with Gasteiger partial charge in [0.1, 0.15) is 12.4 Å². The summed E-state index contributed by atoms with van der Waals surface area (Å²) in [4.78, 5) is 14.4. The first kappa shape index (κ1) is 13.5. The molecular weight excluding hydrogens is 312 g/mol. The van der Waals surface area contributed by atoms with Gasteiger partial charge in [-0.2, -0.15) is 0 Å². The number of non-ortho nitro benzene ring substituents is 1. The third-order valence-corrected chi connectivity index (χ3v) is 3.02. The molecule has 2 aromatic rings. The molecule has 0 aliphatic rings. The fourth-order valence-corrected chi connectivity index (χ4v) is 1.74. The normalized spacial score (nSPS) is 10.2. The van der Waals surface area contributed by atoms with Gasteiger partial charge in [0.2, 0.25) is 0 Å². The Hall–Kier alpha value is -1.95. The molecule has 1 aromatic heterocycles. The Morgan fingerprint density at radius 2 is 2.16 bits per heavy atom. The second-order valence-electron chi connectivity index (χ2n) is 3.96. The molecular formula is C13H11BrN2O3. The molecule has 0 bridgehead atoms. The number of aryl methyl sites for hydroxylation is 1. The van der Waals surface area contributed by atoms with Gasteiger partial charge in [-0.25, -0.2) is 0 Å². The third kappa shape index (κ3) is 3.51. The van der Waals surface area contributed by atoms with Crippen molar-refractivity contribution in [2.24, 2.45) is 0 Å². The van der Waals surface area contributed by atoms with Crippen molar-refractivity contribution in [3.05, 3.63) is 62.4 Å². The van der Waals surface area contributed by atoms with Gasteiger partial charge in [0.05, 0.1) is 16.7 Å². The van der Waals surface area contributed by atoms with Crippen LogP contribution in [0.4, 0.5) is 5.69 Å². The van der Waals surface area contributed by atoms with Crippen LogP contribution in [0.5, 0.6) is 5.75 Å². The maximum Gasteiger partial charge on any atom is 0.273 e. The minimum atomic E-state index is -0.440. The van der Waals surface area contributed by atoms with E-state index in [1.165, 1.54) is 12.1 Å². The van der Waals surface area contributed by atoms with Gasteiger partial charge in [-0.3, -0.25) is 15.1 Å². The van der Waals surface area contributed by atoms with Crippen LogP contribution in [0.1, 0.15) is 11.3 Å². The van der Waals surface area contributed by atoms with Crippen molar-refractivity contribution in [3.8, 4) is 5.75 Å². The Morgan fingerprint density at radius 3 is 2.79 bits per heavy atom. The fourth-order valence-electron chi connectivity index (χ4n) is 1.50. The molecule has 98 valence electrons. The number of benzene rings is 1. The zero-order valence-corrected chi connectivity index (χ0v) is 11.8. The maximum atomic E-state index is 10.7. The number of hydrogen-bond acceptors (Lipinski definition) is 4. The van der Waals surface area contributed by atoms with Gasteiger partial charge in [-0.05, 0) is 46.6 Å². The standard InChI is InChI=1S/C13H11BrN2O3/c1-9-2-5-12(16(17)18)6-13(9)19-8-11-4-3-10(14)7-15-11/h2-7H,8H2,1H3. The minimum absolute atomic E-state index is 0.0179. The van der Waals surface area contributed by atoms with Crippen molar-refractivity contribution in [3.63, 3.8) is 0 Å². The van der Waals surface area contributed by atoms with Crippen molar-refractivity contribution in [2.45, 2.75) is 13.5 Å². The molecule has 0 N–H and O–H groups in total. The van der Waals surface area contributed by atoms with E-state index in [0.717, 1.165) is 15.7 Å². The average Bonchev–Trinajstić information content (AvgIpc) is 2.39. The number of nitro groups is 1. The predicted molar refractivity (Wildman–Crippen MR) is 74.1 cm³/mol. The van der Waals surface area contributed by atoms with Crippen LogP contribution in [-0.4, -0.2) is 9.91 Å². The molecule has 0 aliphatic carbocycles. The van der Waals surface area contributed by atoms with E-state index in [-0.39, 0.29) is 12.3 Å². The van der Waals surface area contributed by atoms with Crippen LogP contribution < -0.4 is 4.74 Å². The first-order chi connectivity index (χ1) is 9.06. The lowest BCUT2D eigenvalue weighted by Crippen LogP contribution is -2.00.